The largest absolute Gasteiger partial charge is 1.00 e. The van der Waals surface area contributed by atoms with Crippen LogP contribution in [0, 0.1) is 5.92 Å². The van der Waals surface area contributed by atoms with Crippen LogP contribution in [0.4, 0.5) is 0 Å². The van der Waals surface area contributed by atoms with Gasteiger partial charge in [0.25, 0.3) is 0 Å². The number of amides is 1. The van der Waals surface area contributed by atoms with Crippen LogP contribution in [-0.2, 0) is 14.3 Å². The molecule has 3 aliphatic rings. The molecule has 0 radical (unpaired) electrons. The topological polar surface area (TPSA) is 124 Å². The second-order valence-corrected chi connectivity index (χ2v) is 8.20. The zero-order valence-corrected chi connectivity index (χ0v) is 20.2. The molecule has 5 rings (SSSR count). The van der Waals surface area contributed by atoms with Crippen molar-refractivity contribution >= 4 is 29.2 Å². The van der Waals surface area contributed by atoms with Gasteiger partial charge in [0.15, 0.2) is 5.78 Å². The molecule has 2 aromatic carbocycles. The number of benzene rings is 2. The first kappa shape index (κ1) is 23.4. The molecular formula is C24H18NNaO7. The Labute approximate surface area is 211 Å². The maximum absolute atomic E-state index is 12.8. The van der Waals surface area contributed by atoms with E-state index in [1.807, 2.05) is 0 Å². The van der Waals surface area contributed by atoms with Crippen molar-refractivity contribution in [2.24, 2.45) is 5.92 Å². The molecule has 2 heterocycles. The number of carboxylic acids is 1. The monoisotopic (exact) mass is 455 g/mol. The van der Waals surface area contributed by atoms with E-state index in [9.17, 15) is 29.4 Å². The Morgan fingerprint density at radius 3 is 2.33 bits per heavy atom. The Kier molecular flexibility index (Phi) is 5.82. The molecule has 1 fully saturated rings. The molecule has 2 aromatic rings. The minimum Gasteiger partial charge on any atom is -0.543 e. The molecule has 0 aromatic heterocycles. The van der Waals surface area contributed by atoms with E-state index < -0.39 is 35.9 Å². The van der Waals surface area contributed by atoms with E-state index in [-0.39, 0.29) is 47.5 Å². The van der Waals surface area contributed by atoms with Crippen molar-refractivity contribution in [1.82, 2.24) is 4.90 Å². The van der Waals surface area contributed by atoms with Crippen molar-refractivity contribution in [3.63, 3.8) is 0 Å². The van der Waals surface area contributed by atoms with Gasteiger partial charge < -0.3 is 24.6 Å². The molecule has 1 amide bonds. The third kappa shape index (κ3) is 3.28. The number of fused-ring (bicyclic) bond motifs is 4. The van der Waals surface area contributed by atoms with Gasteiger partial charge in [-0.2, -0.15) is 0 Å². The van der Waals surface area contributed by atoms with Gasteiger partial charge in [-0.3, -0.25) is 9.59 Å². The van der Waals surface area contributed by atoms with Crippen molar-refractivity contribution in [1.29, 1.82) is 0 Å². The molecule has 2 aliphatic heterocycles. The van der Waals surface area contributed by atoms with Gasteiger partial charge in [-0.1, -0.05) is 6.07 Å². The third-order valence-electron chi connectivity index (χ3n) is 6.51. The predicted molar refractivity (Wildman–Crippen MR) is 109 cm³/mol. The first-order valence-electron chi connectivity index (χ1n) is 10.1. The Morgan fingerprint density at radius 2 is 1.73 bits per heavy atom. The maximum atomic E-state index is 12.8. The Bertz CT molecular complexity index is 1280. The van der Waals surface area contributed by atoms with E-state index in [4.69, 9.17) is 4.74 Å². The van der Waals surface area contributed by atoms with Crippen LogP contribution in [0.2, 0.25) is 0 Å². The van der Waals surface area contributed by atoms with Crippen molar-refractivity contribution in [2.45, 2.75) is 25.5 Å². The van der Waals surface area contributed by atoms with Crippen LogP contribution in [0.25, 0.3) is 16.7 Å². The van der Waals surface area contributed by atoms with Crippen LogP contribution < -0.4 is 34.7 Å². The van der Waals surface area contributed by atoms with Gasteiger partial charge in [0.1, 0.15) is 0 Å². The molecule has 0 spiro atoms. The third-order valence-corrected chi connectivity index (χ3v) is 6.51. The Morgan fingerprint density at radius 1 is 1.09 bits per heavy atom. The number of hydrogen-bond donors (Lipinski definition) is 1. The maximum Gasteiger partial charge on any atom is 1.00 e. The van der Waals surface area contributed by atoms with Gasteiger partial charge in [0.05, 0.1) is 42.4 Å². The SMILES string of the molecule is COC(=O)c1ccc2c(c1)-c1cc(C3=C(C(=O)[O-])N4C(=O)[C@H]([C@@H](C)O)[C@H]4C3)ccc1C2=O.[Na+]. The number of rotatable bonds is 4. The number of carbonyl (C=O) groups excluding carboxylic acids is 4. The number of carboxylic acid groups (broad SMARTS) is 1. The summed E-state index contributed by atoms with van der Waals surface area (Å²) < 4.78 is 4.76. The molecule has 8 nitrogen and oxygen atoms in total. The fraction of sp³-hybridized carbons (Fsp3) is 0.250. The predicted octanol–water partition coefficient (Wildman–Crippen LogP) is -2.24. The molecular weight excluding hydrogens is 437 g/mol. The molecule has 0 bridgehead atoms. The molecule has 1 N–H and O–H groups in total. The smallest absolute Gasteiger partial charge is 0.543 e. The Hall–Kier alpha value is -2.78. The number of nitrogens with zero attached hydrogens (tertiary/aromatic N) is 1. The van der Waals surface area contributed by atoms with E-state index >= 15 is 0 Å². The number of methoxy groups -OCH3 is 1. The number of hydrogen-bond acceptors (Lipinski definition) is 7. The number of aliphatic carboxylic acids is 1. The first-order valence-corrected chi connectivity index (χ1v) is 10.1. The summed E-state index contributed by atoms with van der Waals surface area (Å²) in [6, 6.07) is 9.20. The number of ketones is 1. The summed E-state index contributed by atoms with van der Waals surface area (Å²) in [4.78, 5) is 50.3. The van der Waals surface area contributed by atoms with Crippen molar-refractivity contribution in [3.8, 4) is 11.1 Å². The van der Waals surface area contributed by atoms with Crippen molar-refractivity contribution < 1.29 is 63.7 Å². The molecule has 33 heavy (non-hydrogen) atoms. The summed E-state index contributed by atoms with van der Waals surface area (Å²) in [5.74, 6) is -3.30. The minimum atomic E-state index is -1.47. The summed E-state index contributed by atoms with van der Waals surface area (Å²) in [6.07, 6.45) is -0.640. The van der Waals surface area contributed by atoms with Gasteiger partial charge in [-0.15, -0.1) is 0 Å². The molecule has 3 atom stereocenters. The molecule has 0 saturated carbocycles. The molecule has 1 aliphatic carbocycles. The molecule has 1 saturated heterocycles. The number of carbonyl (C=O) groups is 4. The normalized spacial score (nSPS) is 21.0. The van der Waals surface area contributed by atoms with Gasteiger partial charge in [0.2, 0.25) is 5.91 Å². The van der Waals surface area contributed by atoms with E-state index in [0.29, 0.717) is 39.0 Å². The van der Waals surface area contributed by atoms with Crippen LogP contribution in [0.1, 0.15) is 45.2 Å². The standard InChI is InChI=1S/C24H19NO7.Na/c1-10(26)19-18-9-15(20(23(29)30)25(18)22(19)28)11-3-5-13-16(7-11)17-8-12(24(31)32-2)4-6-14(17)21(13)27;/h3-8,10,18-19,26H,9H2,1-2H3,(H,29,30);/q;+1/p-1/t10-,18-,19-;/m1./s1. The molecule has 0 unspecified atom stereocenters. The van der Waals surface area contributed by atoms with Crippen LogP contribution in [-0.4, -0.2) is 52.9 Å². The summed E-state index contributed by atoms with van der Waals surface area (Å²) in [5.41, 5.74) is 3.07. The van der Waals surface area contributed by atoms with E-state index in [0.717, 1.165) is 0 Å². The van der Waals surface area contributed by atoms with Crippen LogP contribution >= 0.6 is 0 Å². The number of ether oxygens (including phenoxy) is 1. The Balaban J connectivity index is 0.00000259. The van der Waals surface area contributed by atoms with E-state index in [1.165, 1.54) is 25.0 Å². The number of aliphatic hydroxyl groups is 1. The van der Waals surface area contributed by atoms with Crippen LogP contribution in [0.3, 0.4) is 0 Å². The minimum absolute atomic E-state index is 0. The molecule has 162 valence electrons. The zero-order valence-electron chi connectivity index (χ0n) is 18.2. The van der Waals surface area contributed by atoms with Gasteiger partial charge >= 0.3 is 35.5 Å². The zero-order chi connectivity index (χ0) is 22.9. The summed E-state index contributed by atoms with van der Waals surface area (Å²) >= 11 is 0. The number of aliphatic hydroxyl groups excluding tert-OH is 1. The number of β-lactam (4-membered cyclic amide) rings is 1. The van der Waals surface area contributed by atoms with Crippen LogP contribution in [0.5, 0.6) is 0 Å². The average Bonchev–Trinajstić information content (AvgIpc) is 3.25. The quantitative estimate of drug-likeness (QED) is 0.268. The van der Waals surface area contributed by atoms with Crippen molar-refractivity contribution in [2.75, 3.05) is 7.11 Å². The summed E-state index contributed by atoms with van der Waals surface area (Å²) in [5, 5.41) is 21.8. The first-order chi connectivity index (χ1) is 15.2. The van der Waals surface area contributed by atoms with Crippen molar-refractivity contribution in [3.05, 3.63) is 64.3 Å². The van der Waals surface area contributed by atoms with Gasteiger partial charge in [-0.05, 0) is 65.9 Å². The van der Waals surface area contributed by atoms with E-state index in [1.54, 1.807) is 30.3 Å². The summed E-state index contributed by atoms with van der Waals surface area (Å²) in [7, 11) is 1.27. The van der Waals surface area contributed by atoms with Crippen LogP contribution in [0.15, 0.2) is 42.1 Å². The van der Waals surface area contributed by atoms with Gasteiger partial charge in [-0.25, -0.2) is 4.79 Å². The summed E-state index contributed by atoms with van der Waals surface area (Å²) in [6.45, 7) is 1.51. The number of esters is 1. The fourth-order valence-corrected chi connectivity index (χ4v) is 5.02. The van der Waals surface area contributed by atoms with Gasteiger partial charge in [0, 0.05) is 11.1 Å². The average molecular weight is 455 g/mol. The fourth-order valence-electron chi connectivity index (χ4n) is 5.02. The molecule has 9 heteroatoms. The van der Waals surface area contributed by atoms with E-state index in [2.05, 4.69) is 0 Å². The second-order valence-electron chi connectivity index (χ2n) is 8.20. The second kappa shape index (κ2) is 8.22.